The number of hydrogen-bond donors (Lipinski definition) is 1. The van der Waals surface area contributed by atoms with E-state index in [4.69, 9.17) is 9.47 Å². The van der Waals surface area contributed by atoms with Crippen molar-refractivity contribution in [3.63, 3.8) is 0 Å². The zero-order valence-corrected chi connectivity index (χ0v) is 19.6. The van der Waals surface area contributed by atoms with E-state index in [0.717, 1.165) is 31.7 Å². The molecule has 0 aliphatic carbocycles. The van der Waals surface area contributed by atoms with Crippen LogP contribution >= 0.6 is 0 Å². The van der Waals surface area contributed by atoms with Gasteiger partial charge in [-0.25, -0.2) is 0 Å². The number of nitrogens with zero attached hydrogens (tertiary/aromatic N) is 3. The van der Waals surface area contributed by atoms with Gasteiger partial charge in [0, 0.05) is 50.4 Å². The summed E-state index contributed by atoms with van der Waals surface area (Å²) in [5.74, 6) is 0.662. The quantitative estimate of drug-likeness (QED) is 0.673. The summed E-state index contributed by atoms with van der Waals surface area (Å²) in [6.07, 6.45) is 1.44. The van der Waals surface area contributed by atoms with Gasteiger partial charge in [-0.15, -0.1) is 0 Å². The predicted octanol–water partition coefficient (Wildman–Crippen LogP) is 2.23. The maximum Gasteiger partial charge on any atom is 0.262 e. The molecule has 0 atom stereocenters. The lowest BCUT2D eigenvalue weighted by Gasteiger charge is -2.32. The zero-order chi connectivity index (χ0) is 24.1. The van der Waals surface area contributed by atoms with Gasteiger partial charge in [0.2, 0.25) is 5.91 Å². The summed E-state index contributed by atoms with van der Waals surface area (Å²) in [7, 11) is 3.55. The SMILES string of the molecule is COc1ccc(C(=O)N2CCN(C)CC2)cc1NC(=O)COc1ccc(N2CCCC2=O)cc1. The predicted molar refractivity (Wildman–Crippen MR) is 129 cm³/mol. The largest absolute Gasteiger partial charge is 0.495 e. The summed E-state index contributed by atoms with van der Waals surface area (Å²) >= 11 is 0. The van der Waals surface area contributed by atoms with E-state index in [1.807, 2.05) is 24.1 Å². The average Bonchev–Trinajstić information content (AvgIpc) is 3.29. The number of carbonyl (C=O) groups is 3. The van der Waals surface area contributed by atoms with Gasteiger partial charge in [0.15, 0.2) is 6.61 Å². The Morgan fingerprint density at radius 2 is 1.74 bits per heavy atom. The smallest absolute Gasteiger partial charge is 0.262 e. The van der Waals surface area contributed by atoms with E-state index in [0.29, 0.717) is 42.3 Å². The summed E-state index contributed by atoms with van der Waals surface area (Å²) in [6, 6.07) is 12.1. The van der Waals surface area contributed by atoms with E-state index in [2.05, 4.69) is 10.2 Å². The second-order valence-corrected chi connectivity index (χ2v) is 8.49. The Kier molecular flexibility index (Phi) is 7.32. The number of anilines is 2. The van der Waals surface area contributed by atoms with Gasteiger partial charge >= 0.3 is 0 Å². The lowest BCUT2D eigenvalue weighted by molar-refractivity contribution is -0.118. The summed E-state index contributed by atoms with van der Waals surface area (Å²) in [4.78, 5) is 43.1. The number of ether oxygens (including phenoxy) is 2. The van der Waals surface area contributed by atoms with Crippen LogP contribution in [-0.4, -0.2) is 81.0 Å². The number of nitrogens with one attached hydrogen (secondary N) is 1. The fraction of sp³-hybridized carbons (Fsp3) is 0.400. The summed E-state index contributed by atoms with van der Waals surface area (Å²) in [6.45, 7) is 3.51. The van der Waals surface area contributed by atoms with Crippen molar-refractivity contribution in [2.24, 2.45) is 0 Å². The minimum Gasteiger partial charge on any atom is -0.495 e. The Labute approximate surface area is 199 Å². The molecule has 180 valence electrons. The summed E-state index contributed by atoms with van der Waals surface area (Å²) in [5.41, 5.74) is 1.73. The molecule has 0 spiro atoms. The summed E-state index contributed by atoms with van der Waals surface area (Å²) < 4.78 is 11.0. The molecule has 0 unspecified atom stereocenters. The number of hydrogen-bond acceptors (Lipinski definition) is 6. The number of rotatable bonds is 7. The van der Waals surface area contributed by atoms with Gasteiger partial charge in [-0.05, 0) is 55.9 Å². The van der Waals surface area contributed by atoms with Crippen LogP contribution in [-0.2, 0) is 9.59 Å². The van der Waals surface area contributed by atoms with Gasteiger partial charge in [-0.1, -0.05) is 0 Å². The number of likely N-dealkylation sites (N-methyl/N-ethyl adjacent to an activating group) is 1. The van der Waals surface area contributed by atoms with Crippen molar-refractivity contribution in [1.29, 1.82) is 0 Å². The Hall–Kier alpha value is -3.59. The lowest BCUT2D eigenvalue weighted by atomic mass is 10.1. The van der Waals surface area contributed by atoms with Crippen molar-refractivity contribution in [1.82, 2.24) is 9.80 Å². The molecule has 1 N–H and O–H groups in total. The molecule has 2 heterocycles. The number of benzene rings is 2. The highest BCUT2D eigenvalue weighted by Gasteiger charge is 2.23. The second-order valence-electron chi connectivity index (χ2n) is 8.49. The molecular weight excluding hydrogens is 436 g/mol. The second kappa shape index (κ2) is 10.6. The average molecular weight is 467 g/mol. The Morgan fingerprint density at radius 1 is 1.00 bits per heavy atom. The number of amides is 3. The Balaban J connectivity index is 1.36. The van der Waals surface area contributed by atoms with Crippen LogP contribution in [0, 0.1) is 0 Å². The highest BCUT2D eigenvalue weighted by atomic mass is 16.5. The third-order valence-electron chi connectivity index (χ3n) is 6.10. The van der Waals surface area contributed by atoms with Gasteiger partial charge in [-0.2, -0.15) is 0 Å². The molecule has 2 aromatic carbocycles. The Bertz CT molecular complexity index is 1050. The van der Waals surface area contributed by atoms with Crippen LogP contribution in [0.2, 0.25) is 0 Å². The first-order valence-electron chi connectivity index (χ1n) is 11.4. The molecule has 4 rings (SSSR count). The highest BCUT2D eigenvalue weighted by Crippen LogP contribution is 2.27. The molecule has 0 radical (unpaired) electrons. The molecule has 2 aliphatic rings. The van der Waals surface area contributed by atoms with E-state index < -0.39 is 0 Å². The number of methoxy groups -OCH3 is 1. The zero-order valence-electron chi connectivity index (χ0n) is 19.6. The van der Waals surface area contributed by atoms with E-state index in [9.17, 15) is 14.4 Å². The fourth-order valence-electron chi connectivity index (χ4n) is 4.11. The topological polar surface area (TPSA) is 91.4 Å². The molecule has 34 heavy (non-hydrogen) atoms. The maximum absolute atomic E-state index is 12.9. The Morgan fingerprint density at radius 3 is 2.38 bits per heavy atom. The molecule has 2 saturated heterocycles. The molecular formula is C25H30N4O5. The van der Waals surface area contributed by atoms with Gasteiger partial charge in [0.25, 0.3) is 11.8 Å². The van der Waals surface area contributed by atoms with Crippen LogP contribution in [0.1, 0.15) is 23.2 Å². The van der Waals surface area contributed by atoms with Crippen molar-refractivity contribution in [2.45, 2.75) is 12.8 Å². The van der Waals surface area contributed by atoms with E-state index in [1.165, 1.54) is 7.11 Å². The monoisotopic (exact) mass is 466 g/mol. The van der Waals surface area contributed by atoms with E-state index in [1.54, 1.807) is 35.2 Å². The van der Waals surface area contributed by atoms with Crippen molar-refractivity contribution < 1.29 is 23.9 Å². The minimum atomic E-state index is -0.374. The first kappa shape index (κ1) is 23.6. The molecule has 9 nitrogen and oxygen atoms in total. The molecule has 0 aromatic heterocycles. The molecule has 2 aromatic rings. The molecule has 0 bridgehead atoms. The first-order chi connectivity index (χ1) is 16.4. The van der Waals surface area contributed by atoms with Crippen molar-refractivity contribution >= 4 is 29.1 Å². The van der Waals surface area contributed by atoms with Crippen LogP contribution in [0.4, 0.5) is 11.4 Å². The summed E-state index contributed by atoms with van der Waals surface area (Å²) in [5, 5.41) is 2.78. The maximum atomic E-state index is 12.9. The van der Waals surface area contributed by atoms with Crippen LogP contribution in [0.15, 0.2) is 42.5 Å². The highest BCUT2D eigenvalue weighted by molar-refractivity contribution is 5.99. The van der Waals surface area contributed by atoms with Crippen LogP contribution in [0.5, 0.6) is 11.5 Å². The van der Waals surface area contributed by atoms with Crippen LogP contribution in [0.25, 0.3) is 0 Å². The third-order valence-corrected chi connectivity index (χ3v) is 6.10. The molecule has 3 amide bonds. The van der Waals surface area contributed by atoms with Gasteiger partial charge < -0.3 is 29.5 Å². The normalized spacial score (nSPS) is 16.5. The number of carbonyl (C=O) groups excluding carboxylic acids is 3. The van der Waals surface area contributed by atoms with Gasteiger partial charge in [0.05, 0.1) is 12.8 Å². The van der Waals surface area contributed by atoms with Crippen molar-refractivity contribution in [3.8, 4) is 11.5 Å². The van der Waals surface area contributed by atoms with Crippen LogP contribution in [0.3, 0.4) is 0 Å². The molecule has 2 fully saturated rings. The standard InChI is InChI=1S/C25H30N4O5/c1-27-12-14-28(15-13-27)25(32)18-5-10-22(33-2)21(16-18)26-23(30)17-34-20-8-6-19(7-9-20)29-11-3-4-24(29)31/h5-10,16H,3-4,11-15,17H2,1-2H3,(H,26,30). The first-order valence-corrected chi connectivity index (χ1v) is 11.4. The fourth-order valence-corrected chi connectivity index (χ4v) is 4.11. The third kappa shape index (κ3) is 5.48. The molecule has 2 aliphatic heterocycles. The van der Waals surface area contributed by atoms with E-state index >= 15 is 0 Å². The van der Waals surface area contributed by atoms with Gasteiger partial charge in [0.1, 0.15) is 11.5 Å². The van der Waals surface area contributed by atoms with Crippen molar-refractivity contribution in [3.05, 3.63) is 48.0 Å². The van der Waals surface area contributed by atoms with Crippen LogP contribution < -0.4 is 19.7 Å². The minimum absolute atomic E-state index is 0.0703. The molecule has 9 heteroatoms. The number of piperazine rings is 1. The van der Waals surface area contributed by atoms with E-state index in [-0.39, 0.29) is 24.3 Å². The molecule has 0 saturated carbocycles. The lowest BCUT2D eigenvalue weighted by Crippen LogP contribution is -2.47. The van der Waals surface area contributed by atoms with Crippen molar-refractivity contribution in [2.75, 3.05) is 63.7 Å². The van der Waals surface area contributed by atoms with Gasteiger partial charge in [-0.3, -0.25) is 14.4 Å².